The fourth-order valence-electron chi connectivity index (χ4n) is 2.49. The van der Waals surface area contributed by atoms with Gasteiger partial charge in [0.15, 0.2) is 19.9 Å². The molecule has 0 bridgehead atoms. The van der Waals surface area contributed by atoms with Crippen LogP contribution in [0.3, 0.4) is 0 Å². The molecule has 0 aliphatic heterocycles. The Morgan fingerprint density at radius 2 is 1.73 bits per heavy atom. The summed E-state index contributed by atoms with van der Waals surface area (Å²) >= 11 is 0. The lowest BCUT2D eigenvalue weighted by molar-refractivity contribution is -0.198. The van der Waals surface area contributed by atoms with E-state index >= 15 is 0 Å². The molecule has 0 heterocycles. The van der Waals surface area contributed by atoms with Gasteiger partial charge in [-0.3, -0.25) is 0 Å². The van der Waals surface area contributed by atoms with Gasteiger partial charge in [-0.15, -0.1) is 0 Å². The highest BCUT2D eigenvalue weighted by atomic mass is 32.2. The first kappa shape index (κ1) is 21.2. The molecule has 1 aromatic rings. The normalized spacial score (nSPS) is 21.1. The minimum Gasteiger partial charge on any atom is -0.386 e. The molecule has 1 atom stereocenters. The van der Waals surface area contributed by atoms with Gasteiger partial charge < -0.3 is 13.3 Å². The van der Waals surface area contributed by atoms with Crippen LogP contribution >= 0.6 is 0 Å². The molecular formula is C16H23F3O5SSi. The number of hydrogen-bond donors (Lipinski definition) is 0. The van der Waals surface area contributed by atoms with E-state index in [-0.39, 0.29) is 10.6 Å². The van der Waals surface area contributed by atoms with E-state index in [2.05, 4.69) is 4.18 Å². The van der Waals surface area contributed by atoms with E-state index in [1.165, 1.54) is 19.2 Å². The fourth-order valence-corrected chi connectivity index (χ4v) is 4.35. The molecule has 10 heteroatoms. The number of benzene rings is 1. The Morgan fingerprint density at radius 3 is 2.19 bits per heavy atom. The molecule has 1 aromatic carbocycles. The van der Waals surface area contributed by atoms with Crippen molar-refractivity contribution >= 4 is 18.4 Å². The molecule has 0 N–H and O–H groups in total. The van der Waals surface area contributed by atoms with Crippen LogP contribution in [0.2, 0.25) is 18.1 Å². The van der Waals surface area contributed by atoms with E-state index in [0.717, 1.165) is 0 Å². The van der Waals surface area contributed by atoms with Crippen molar-refractivity contribution in [1.29, 1.82) is 0 Å². The van der Waals surface area contributed by atoms with Gasteiger partial charge in [-0.05, 0) is 29.8 Å². The standard InChI is InChI=1S/C16H23F3O5SSi/c1-14(2,3)26(5,6)24-15(22-4)10-11-8-7-9-12(13(11)15)23-25(20,21)16(17,18)19/h7-9H,10H2,1-6H3. The van der Waals surface area contributed by atoms with Gasteiger partial charge >= 0.3 is 15.6 Å². The van der Waals surface area contributed by atoms with E-state index in [4.69, 9.17) is 9.16 Å². The lowest BCUT2D eigenvalue weighted by Crippen LogP contribution is -2.54. The van der Waals surface area contributed by atoms with Gasteiger partial charge in [-0.25, -0.2) is 0 Å². The second kappa shape index (κ2) is 6.22. The van der Waals surface area contributed by atoms with Crippen LogP contribution in [0.5, 0.6) is 5.75 Å². The van der Waals surface area contributed by atoms with Gasteiger partial charge in [0.1, 0.15) is 0 Å². The first-order valence-corrected chi connectivity index (χ1v) is 12.3. The predicted octanol–water partition coefficient (Wildman–Crippen LogP) is 4.29. The van der Waals surface area contributed by atoms with Crippen molar-refractivity contribution in [2.45, 2.75) is 56.6 Å². The monoisotopic (exact) mass is 412 g/mol. The van der Waals surface area contributed by atoms with Crippen LogP contribution in [0.15, 0.2) is 18.2 Å². The molecule has 1 aliphatic rings. The quantitative estimate of drug-likeness (QED) is 0.312. The highest BCUT2D eigenvalue weighted by molar-refractivity contribution is 7.88. The van der Waals surface area contributed by atoms with Crippen LogP contribution in [0, 0.1) is 0 Å². The summed E-state index contributed by atoms with van der Waals surface area (Å²) in [7, 11) is -6.78. The zero-order chi connectivity index (χ0) is 20.2. The molecule has 0 aromatic heterocycles. The molecule has 148 valence electrons. The molecule has 0 spiro atoms. The number of fused-ring (bicyclic) bond motifs is 1. The van der Waals surface area contributed by atoms with Gasteiger partial charge in [0.2, 0.25) is 0 Å². The van der Waals surface area contributed by atoms with Crippen molar-refractivity contribution in [2.75, 3.05) is 7.11 Å². The van der Waals surface area contributed by atoms with Crippen molar-refractivity contribution in [1.82, 2.24) is 0 Å². The van der Waals surface area contributed by atoms with Crippen molar-refractivity contribution in [2.24, 2.45) is 0 Å². The van der Waals surface area contributed by atoms with Crippen LogP contribution in [0.4, 0.5) is 13.2 Å². The lowest BCUT2D eigenvalue weighted by Gasteiger charge is -2.50. The van der Waals surface area contributed by atoms with Crippen molar-refractivity contribution < 1.29 is 34.9 Å². The Balaban J connectivity index is 2.48. The number of alkyl halides is 3. The smallest absolute Gasteiger partial charge is 0.386 e. The highest BCUT2D eigenvalue weighted by Gasteiger charge is 2.55. The first-order chi connectivity index (χ1) is 11.6. The van der Waals surface area contributed by atoms with Crippen LogP contribution in [0.25, 0.3) is 0 Å². The molecule has 0 fully saturated rings. The Hall–Kier alpha value is -1.10. The van der Waals surface area contributed by atoms with E-state index in [1.807, 2.05) is 33.9 Å². The van der Waals surface area contributed by atoms with Crippen molar-refractivity contribution in [3.63, 3.8) is 0 Å². The first-order valence-electron chi connectivity index (χ1n) is 7.95. The molecule has 0 radical (unpaired) electrons. The molecule has 0 saturated carbocycles. The number of rotatable bonds is 5. The Labute approximate surface area is 152 Å². The molecule has 26 heavy (non-hydrogen) atoms. The third kappa shape index (κ3) is 3.51. The maximum atomic E-state index is 12.7. The topological polar surface area (TPSA) is 61.8 Å². The van der Waals surface area contributed by atoms with Crippen LogP contribution in [0.1, 0.15) is 31.9 Å². The van der Waals surface area contributed by atoms with Crippen molar-refractivity contribution in [3.05, 3.63) is 29.3 Å². The van der Waals surface area contributed by atoms with Crippen LogP contribution < -0.4 is 4.18 Å². The average molecular weight is 413 g/mol. The second-order valence-electron chi connectivity index (χ2n) is 7.77. The van der Waals surface area contributed by atoms with Gasteiger partial charge in [-0.1, -0.05) is 32.9 Å². The lowest BCUT2D eigenvalue weighted by atomic mass is 9.81. The van der Waals surface area contributed by atoms with Gasteiger partial charge in [0.05, 0.1) is 5.56 Å². The Bertz CT molecular complexity index is 799. The highest BCUT2D eigenvalue weighted by Crippen LogP contribution is 2.52. The maximum absolute atomic E-state index is 12.7. The third-order valence-electron chi connectivity index (χ3n) is 4.96. The summed E-state index contributed by atoms with van der Waals surface area (Å²) < 4.78 is 77.2. The zero-order valence-corrected chi connectivity index (χ0v) is 17.3. The minimum atomic E-state index is -5.79. The SMILES string of the molecule is COC1(O[Si](C)(C)C(C)(C)C)Cc2cccc(OS(=O)(=O)C(F)(F)F)c21. The molecule has 5 nitrogen and oxygen atoms in total. The molecule has 2 rings (SSSR count). The summed E-state index contributed by atoms with van der Waals surface area (Å²) in [6, 6.07) is 4.28. The minimum absolute atomic E-state index is 0.178. The van der Waals surface area contributed by atoms with Crippen LogP contribution in [-0.2, 0) is 31.5 Å². The van der Waals surface area contributed by atoms with Gasteiger partial charge in [0, 0.05) is 13.5 Å². The molecular weight excluding hydrogens is 389 g/mol. The van der Waals surface area contributed by atoms with E-state index in [0.29, 0.717) is 12.0 Å². The molecule has 1 unspecified atom stereocenters. The summed E-state index contributed by atoms with van der Waals surface area (Å²) in [5, 5.41) is -0.178. The zero-order valence-electron chi connectivity index (χ0n) is 15.5. The third-order valence-corrected chi connectivity index (χ3v) is 10.4. The van der Waals surface area contributed by atoms with E-state index in [1.54, 1.807) is 6.07 Å². The van der Waals surface area contributed by atoms with Gasteiger partial charge in [-0.2, -0.15) is 21.6 Å². The summed E-state index contributed by atoms with van der Waals surface area (Å²) in [6.45, 7) is 9.99. The summed E-state index contributed by atoms with van der Waals surface area (Å²) in [6.07, 6.45) is 0.300. The summed E-state index contributed by atoms with van der Waals surface area (Å²) in [5.41, 5.74) is -4.70. The van der Waals surface area contributed by atoms with Gasteiger partial charge in [0.25, 0.3) is 0 Å². The molecule has 1 aliphatic carbocycles. The maximum Gasteiger partial charge on any atom is 0.534 e. The molecule has 0 amide bonds. The van der Waals surface area contributed by atoms with Crippen molar-refractivity contribution in [3.8, 4) is 5.75 Å². The number of methoxy groups -OCH3 is 1. The number of ether oxygens (including phenoxy) is 1. The summed E-state index contributed by atoms with van der Waals surface area (Å²) in [5.74, 6) is -1.75. The molecule has 0 saturated heterocycles. The Morgan fingerprint density at radius 1 is 1.15 bits per heavy atom. The van der Waals surface area contributed by atoms with E-state index < -0.39 is 35.5 Å². The summed E-state index contributed by atoms with van der Waals surface area (Å²) in [4.78, 5) is 0. The number of hydrogen-bond acceptors (Lipinski definition) is 5. The predicted molar refractivity (Wildman–Crippen MR) is 92.7 cm³/mol. The largest absolute Gasteiger partial charge is 0.534 e. The second-order valence-corrected chi connectivity index (χ2v) is 14.0. The average Bonchev–Trinajstić information content (AvgIpc) is 2.41. The van der Waals surface area contributed by atoms with E-state index in [9.17, 15) is 21.6 Å². The number of halogens is 3. The Kier molecular flexibility index (Phi) is 5.07. The fraction of sp³-hybridized carbons (Fsp3) is 0.625. The van der Waals surface area contributed by atoms with Crippen LogP contribution in [-0.4, -0.2) is 29.4 Å².